The largest absolute Gasteiger partial charge is 0.465 e. The lowest BCUT2D eigenvalue weighted by Gasteiger charge is -2.10. The lowest BCUT2D eigenvalue weighted by atomic mass is 10.1. The Kier molecular flexibility index (Phi) is 16.9. The zero-order valence-electron chi connectivity index (χ0n) is 16.5. The van der Waals surface area contributed by atoms with Crippen molar-refractivity contribution in [3.8, 4) is 0 Å². The Hall–Kier alpha value is -1.10. The highest BCUT2D eigenvalue weighted by Crippen LogP contribution is 2.10. The van der Waals surface area contributed by atoms with Crippen LogP contribution in [0.2, 0.25) is 0 Å². The second kappa shape index (κ2) is 17.7. The highest BCUT2D eigenvalue weighted by molar-refractivity contribution is 5.76. The average molecular weight is 357 g/mol. The minimum absolute atomic E-state index is 0.137. The molecular weight excluding hydrogens is 316 g/mol. The van der Waals surface area contributed by atoms with Crippen molar-refractivity contribution >= 4 is 11.9 Å². The predicted molar refractivity (Wildman–Crippen MR) is 103 cm³/mol. The Morgan fingerprint density at radius 2 is 1.48 bits per heavy atom. The summed E-state index contributed by atoms with van der Waals surface area (Å²) in [5.41, 5.74) is 5.72. The first kappa shape index (κ1) is 23.9. The van der Waals surface area contributed by atoms with Crippen LogP contribution < -0.4 is 11.1 Å². The van der Waals surface area contributed by atoms with Gasteiger partial charge in [0, 0.05) is 13.0 Å². The van der Waals surface area contributed by atoms with Gasteiger partial charge in [-0.05, 0) is 32.6 Å². The van der Waals surface area contributed by atoms with E-state index in [-0.39, 0.29) is 11.9 Å². The molecule has 1 amide bonds. The highest BCUT2D eigenvalue weighted by Gasteiger charge is 2.13. The minimum atomic E-state index is -0.544. The summed E-state index contributed by atoms with van der Waals surface area (Å²) in [4.78, 5) is 23.1. The third-order valence-electron chi connectivity index (χ3n) is 4.36. The summed E-state index contributed by atoms with van der Waals surface area (Å²) in [6.07, 6.45) is 14.3. The number of nitrogens with one attached hydrogen (secondary N) is 1. The van der Waals surface area contributed by atoms with Gasteiger partial charge in [-0.25, -0.2) is 0 Å². The van der Waals surface area contributed by atoms with Crippen molar-refractivity contribution < 1.29 is 14.3 Å². The van der Waals surface area contributed by atoms with E-state index in [1.54, 1.807) is 6.92 Å². The third-order valence-corrected chi connectivity index (χ3v) is 4.36. The van der Waals surface area contributed by atoms with E-state index < -0.39 is 6.04 Å². The molecule has 0 spiro atoms. The van der Waals surface area contributed by atoms with Gasteiger partial charge in [-0.3, -0.25) is 9.59 Å². The van der Waals surface area contributed by atoms with Crippen molar-refractivity contribution in [2.24, 2.45) is 5.73 Å². The molecule has 0 aliphatic carbocycles. The van der Waals surface area contributed by atoms with E-state index >= 15 is 0 Å². The lowest BCUT2D eigenvalue weighted by molar-refractivity contribution is -0.144. The van der Waals surface area contributed by atoms with Gasteiger partial charge >= 0.3 is 5.97 Å². The van der Waals surface area contributed by atoms with Crippen LogP contribution in [-0.4, -0.2) is 31.1 Å². The molecule has 0 aromatic heterocycles. The van der Waals surface area contributed by atoms with E-state index in [1.165, 1.54) is 44.9 Å². The molecule has 0 rings (SSSR count). The molecule has 0 saturated heterocycles. The van der Waals surface area contributed by atoms with E-state index in [0.717, 1.165) is 25.7 Å². The number of amides is 1. The minimum Gasteiger partial charge on any atom is -0.465 e. The maximum Gasteiger partial charge on any atom is 0.322 e. The van der Waals surface area contributed by atoms with Crippen molar-refractivity contribution in [1.82, 2.24) is 5.32 Å². The van der Waals surface area contributed by atoms with Crippen molar-refractivity contribution in [3.63, 3.8) is 0 Å². The fourth-order valence-corrected chi connectivity index (χ4v) is 2.77. The SMILES string of the molecule is CCCCCCCCCCCC(=O)NCCCCC(N)C(=O)OCC. The smallest absolute Gasteiger partial charge is 0.322 e. The van der Waals surface area contributed by atoms with E-state index in [0.29, 0.717) is 26.0 Å². The van der Waals surface area contributed by atoms with Gasteiger partial charge in [0.05, 0.1) is 6.61 Å². The van der Waals surface area contributed by atoms with Crippen LogP contribution >= 0.6 is 0 Å². The molecule has 0 bridgehead atoms. The maximum atomic E-state index is 11.7. The number of carbonyl (C=O) groups is 2. The molecule has 0 radical (unpaired) electrons. The topological polar surface area (TPSA) is 81.4 Å². The van der Waals surface area contributed by atoms with Crippen LogP contribution in [0.25, 0.3) is 0 Å². The molecule has 0 heterocycles. The molecule has 0 aromatic rings. The number of ether oxygens (including phenoxy) is 1. The van der Waals surface area contributed by atoms with Crippen molar-refractivity contribution in [3.05, 3.63) is 0 Å². The van der Waals surface area contributed by atoms with Gasteiger partial charge in [0.2, 0.25) is 5.91 Å². The van der Waals surface area contributed by atoms with Crippen LogP contribution in [0.1, 0.15) is 97.3 Å². The Labute approximate surface area is 154 Å². The van der Waals surface area contributed by atoms with Gasteiger partial charge in [0.25, 0.3) is 0 Å². The molecule has 5 nitrogen and oxygen atoms in total. The quantitative estimate of drug-likeness (QED) is 0.304. The fraction of sp³-hybridized carbons (Fsp3) is 0.900. The molecule has 0 aliphatic heterocycles. The van der Waals surface area contributed by atoms with Crippen LogP contribution in [0.15, 0.2) is 0 Å². The standard InChI is InChI=1S/C20H40N2O3/c1-3-5-6-7-8-9-10-11-12-16-19(23)22-17-14-13-15-18(21)20(24)25-4-2/h18H,3-17,21H2,1-2H3,(H,22,23). The summed E-state index contributed by atoms with van der Waals surface area (Å²) in [6.45, 7) is 5.03. The number of carbonyl (C=O) groups excluding carboxylic acids is 2. The van der Waals surface area contributed by atoms with Crippen molar-refractivity contribution in [2.45, 2.75) is 103 Å². The summed E-state index contributed by atoms with van der Waals surface area (Å²) >= 11 is 0. The van der Waals surface area contributed by atoms with Gasteiger partial charge in [-0.1, -0.05) is 58.3 Å². The number of esters is 1. The number of hydrogen-bond acceptors (Lipinski definition) is 4. The first-order chi connectivity index (χ1) is 12.1. The number of rotatable bonds is 17. The molecule has 0 fully saturated rings. The molecule has 5 heteroatoms. The molecule has 25 heavy (non-hydrogen) atoms. The maximum absolute atomic E-state index is 11.7. The predicted octanol–water partition coefficient (Wildman–Crippen LogP) is 4.08. The van der Waals surface area contributed by atoms with Crippen LogP contribution in [0.3, 0.4) is 0 Å². The summed E-state index contributed by atoms with van der Waals surface area (Å²) in [5, 5.41) is 2.94. The molecular formula is C20H40N2O3. The van der Waals surface area contributed by atoms with Gasteiger partial charge < -0.3 is 15.8 Å². The van der Waals surface area contributed by atoms with Crippen molar-refractivity contribution in [2.75, 3.05) is 13.2 Å². The molecule has 148 valence electrons. The molecule has 0 saturated carbocycles. The number of nitrogens with two attached hydrogens (primary N) is 1. The van der Waals surface area contributed by atoms with Crippen LogP contribution in [-0.2, 0) is 14.3 Å². The summed E-state index contributed by atoms with van der Waals surface area (Å²) in [7, 11) is 0. The third kappa shape index (κ3) is 16.1. The van der Waals surface area contributed by atoms with Gasteiger partial charge in [0.1, 0.15) is 6.04 Å². The molecule has 0 aliphatic rings. The van der Waals surface area contributed by atoms with E-state index in [9.17, 15) is 9.59 Å². The second-order valence-corrected chi connectivity index (χ2v) is 6.78. The van der Waals surface area contributed by atoms with Crippen LogP contribution in [0.4, 0.5) is 0 Å². The van der Waals surface area contributed by atoms with E-state index in [4.69, 9.17) is 10.5 Å². The molecule has 0 aromatic carbocycles. The summed E-state index contributed by atoms with van der Waals surface area (Å²) in [5.74, 6) is -0.200. The Balaban J connectivity index is 3.35. The first-order valence-corrected chi connectivity index (χ1v) is 10.3. The number of unbranched alkanes of at least 4 members (excludes halogenated alkanes) is 9. The zero-order valence-corrected chi connectivity index (χ0v) is 16.5. The van der Waals surface area contributed by atoms with Gasteiger partial charge in [-0.2, -0.15) is 0 Å². The Morgan fingerprint density at radius 3 is 2.08 bits per heavy atom. The lowest BCUT2D eigenvalue weighted by Crippen LogP contribution is -2.32. The van der Waals surface area contributed by atoms with Gasteiger partial charge in [0.15, 0.2) is 0 Å². The Morgan fingerprint density at radius 1 is 0.880 bits per heavy atom. The summed E-state index contributed by atoms with van der Waals surface area (Å²) < 4.78 is 4.86. The number of hydrogen-bond donors (Lipinski definition) is 2. The first-order valence-electron chi connectivity index (χ1n) is 10.3. The monoisotopic (exact) mass is 356 g/mol. The average Bonchev–Trinajstić information content (AvgIpc) is 2.60. The van der Waals surface area contributed by atoms with E-state index in [1.807, 2.05) is 0 Å². The van der Waals surface area contributed by atoms with E-state index in [2.05, 4.69) is 12.2 Å². The molecule has 1 atom stereocenters. The van der Waals surface area contributed by atoms with Crippen LogP contribution in [0, 0.1) is 0 Å². The fourth-order valence-electron chi connectivity index (χ4n) is 2.77. The van der Waals surface area contributed by atoms with Crippen molar-refractivity contribution in [1.29, 1.82) is 0 Å². The highest BCUT2D eigenvalue weighted by atomic mass is 16.5. The molecule has 3 N–H and O–H groups in total. The summed E-state index contributed by atoms with van der Waals surface area (Å²) in [6, 6.07) is -0.544. The second-order valence-electron chi connectivity index (χ2n) is 6.78. The molecule has 1 unspecified atom stereocenters. The Bertz CT molecular complexity index is 335. The normalized spacial score (nSPS) is 12.0. The zero-order chi connectivity index (χ0) is 18.8. The van der Waals surface area contributed by atoms with Gasteiger partial charge in [-0.15, -0.1) is 0 Å². The van der Waals surface area contributed by atoms with Crippen LogP contribution in [0.5, 0.6) is 0 Å².